The standard InChI is InChI=1S/C11H4Br2ClF3S/c12-7-3-5(11(13)18-7)8(14)4-1-2-6(15)10(17)9(4)16/h1-3,8H. The van der Waals surface area contributed by atoms with Crippen LogP contribution in [0.25, 0.3) is 0 Å². The van der Waals surface area contributed by atoms with Crippen LogP contribution >= 0.6 is 54.8 Å². The fourth-order valence-corrected chi connectivity index (χ4v) is 4.87. The maximum atomic E-state index is 13.6. The highest BCUT2D eigenvalue weighted by Crippen LogP contribution is 2.41. The average Bonchev–Trinajstić information content (AvgIpc) is 2.65. The molecule has 1 atom stereocenters. The van der Waals surface area contributed by atoms with E-state index in [9.17, 15) is 13.2 Å². The van der Waals surface area contributed by atoms with E-state index in [2.05, 4.69) is 31.9 Å². The van der Waals surface area contributed by atoms with Crippen molar-refractivity contribution in [2.24, 2.45) is 0 Å². The lowest BCUT2D eigenvalue weighted by molar-refractivity contribution is 0.441. The number of hydrogen-bond donors (Lipinski definition) is 0. The molecule has 0 aliphatic heterocycles. The monoisotopic (exact) mass is 418 g/mol. The Labute approximate surface area is 127 Å². The fourth-order valence-electron chi connectivity index (χ4n) is 1.43. The van der Waals surface area contributed by atoms with Gasteiger partial charge in [0, 0.05) is 11.1 Å². The van der Waals surface area contributed by atoms with Crippen LogP contribution in [0, 0.1) is 17.5 Å². The summed E-state index contributed by atoms with van der Waals surface area (Å²) < 4.78 is 41.1. The molecule has 1 unspecified atom stereocenters. The van der Waals surface area contributed by atoms with Gasteiger partial charge in [-0.1, -0.05) is 6.07 Å². The highest BCUT2D eigenvalue weighted by Gasteiger charge is 2.23. The van der Waals surface area contributed by atoms with Crippen LogP contribution in [0.2, 0.25) is 0 Å². The minimum absolute atomic E-state index is 0.0958. The molecule has 0 spiro atoms. The molecule has 0 aliphatic carbocycles. The van der Waals surface area contributed by atoms with Crippen molar-refractivity contribution >= 4 is 54.8 Å². The summed E-state index contributed by atoms with van der Waals surface area (Å²) in [6.07, 6.45) is 0. The van der Waals surface area contributed by atoms with Gasteiger partial charge in [-0.3, -0.25) is 0 Å². The molecule has 0 bridgehead atoms. The smallest absolute Gasteiger partial charge is 0.194 e. The van der Waals surface area contributed by atoms with E-state index in [0.717, 1.165) is 15.9 Å². The second-order valence-electron chi connectivity index (χ2n) is 3.41. The van der Waals surface area contributed by atoms with Crippen molar-refractivity contribution in [3.8, 4) is 0 Å². The molecule has 2 rings (SSSR count). The summed E-state index contributed by atoms with van der Waals surface area (Å²) >= 11 is 14.0. The molecule has 0 nitrogen and oxygen atoms in total. The SMILES string of the molecule is Fc1ccc(C(Cl)c2cc(Br)sc2Br)c(F)c1F. The van der Waals surface area contributed by atoms with Crippen molar-refractivity contribution in [2.45, 2.75) is 5.38 Å². The lowest BCUT2D eigenvalue weighted by atomic mass is 10.1. The molecule has 0 amide bonds. The number of benzene rings is 1. The van der Waals surface area contributed by atoms with Crippen LogP contribution < -0.4 is 0 Å². The van der Waals surface area contributed by atoms with Crippen LogP contribution in [0.15, 0.2) is 25.8 Å². The predicted octanol–water partition coefficient (Wildman–Crippen LogP) is 6.02. The third-order valence-corrected chi connectivity index (χ3v) is 5.15. The summed E-state index contributed by atoms with van der Waals surface area (Å²) in [6.45, 7) is 0. The van der Waals surface area contributed by atoms with Gasteiger partial charge in [-0.05, 0) is 44.0 Å². The largest absolute Gasteiger partial charge is 0.204 e. The molecule has 0 fully saturated rings. The minimum atomic E-state index is -1.51. The Morgan fingerprint density at radius 1 is 1.06 bits per heavy atom. The van der Waals surface area contributed by atoms with Crippen molar-refractivity contribution < 1.29 is 13.2 Å². The maximum Gasteiger partial charge on any atom is 0.194 e. The fraction of sp³-hybridized carbons (Fsp3) is 0.0909. The zero-order valence-electron chi connectivity index (χ0n) is 8.49. The van der Waals surface area contributed by atoms with Crippen LogP contribution in [0.1, 0.15) is 16.5 Å². The van der Waals surface area contributed by atoms with Gasteiger partial charge < -0.3 is 0 Å². The van der Waals surface area contributed by atoms with Gasteiger partial charge in [0.25, 0.3) is 0 Å². The Balaban J connectivity index is 2.49. The summed E-state index contributed by atoms with van der Waals surface area (Å²) in [5.74, 6) is -4.00. The summed E-state index contributed by atoms with van der Waals surface area (Å²) in [4.78, 5) is 0. The quantitative estimate of drug-likeness (QED) is 0.412. The first-order valence-corrected chi connectivity index (χ1v) is 7.48. The second kappa shape index (κ2) is 5.53. The van der Waals surface area contributed by atoms with Crippen molar-refractivity contribution in [1.82, 2.24) is 0 Å². The highest BCUT2D eigenvalue weighted by molar-refractivity contribution is 9.12. The molecule has 18 heavy (non-hydrogen) atoms. The summed E-state index contributed by atoms with van der Waals surface area (Å²) in [5, 5.41) is -0.892. The van der Waals surface area contributed by atoms with E-state index in [1.54, 1.807) is 6.07 Å². The van der Waals surface area contributed by atoms with E-state index in [1.165, 1.54) is 11.3 Å². The molecule has 1 aromatic heterocycles. The van der Waals surface area contributed by atoms with Gasteiger partial charge in [-0.2, -0.15) is 0 Å². The molecule has 96 valence electrons. The number of halogens is 6. The van der Waals surface area contributed by atoms with Gasteiger partial charge in [-0.15, -0.1) is 22.9 Å². The number of rotatable bonds is 2. The van der Waals surface area contributed by atoms with Crippen LogP contribution in [-0.2, 0) is 0 Å². The van der Waals surface area contributed by atoms with Gasteiger partial charge in [0.2, 0.25) is 0 Å². The molecule has 0 saturated heterocycles. The zero-order chi connectivity index (χ0) is 13.4. The predicted molar refractivity (Wildman–Crippen MR) is 73.7 cm³/mol. The highest BCUT2D eigenvalue weighted by atomic mass is 79.9. The number of alkyl halides is 1. The summed E-state index contributed by atoms with van der Waals surface area (Å²) in [7, 11) is 0. The lowest BCUT2D eigenvalue weighted by Crippen LogP contribution is -2.01. The Hall–Kier alpha value is -0.0400. The molecular weight excluding hydrogens is 416 g/mol. The lowest BCUT2D eigenvalue weighted by Gasteiger charge is -2.11. The van der Waals surface area contributed by atoms with Crippen LogP contribution in [0.5, 0.6) is 0 Å². The summed E-state index contributed by atoms with van der Waals surface area (Å²) in [5.41, 5.74) is 0.500. The molecule has 2 aromatic rings. The maximum absolute atomic E-state index is 13.6. The topological polar surface area (TPSA) is 0 Å². The molecule has 7 heteroatoms. The van der Waals surface area contributed by atoms with Gasteiger partial charge >= 0.3 is 0 Å². The first-order chi connectivity index (χ1) is 8.41. The molecule has 0 radical (unpaired) electrons. The van der Waals surface area contributed by atoms with Gasteiger partial charge in [-0.25, -0.2) is 13.2 Å². The molecule has 0 N–H and O–H groups in total. The average molecular weight is 420 g/mol. The van der Waals surface area contributed by atoms with E-state index >= 15 is 0 Å². The zero-order valence-corrected chi connectivity index (χ0v) is 13.2. The molecule has 1 heterocycles. The Morgan fingerprint density at radius 2 is 1.72 bits per heavy atom. The first kappa shape index (κ1) is 14.4. The molecule has 1 aromatic carbocycles. The van der Waals surface area contributed by atoms with E-state index in [1.807, 2.05) is 0 Å². The van der Waals surface area contributed by atoms with Crippen molar-refractivity contribution in [3.63, 3.8) is 0 Å². The number of hydrogen-bond acceptors (Lipinski definition) is 1. The molecule has 0 aliphatic rings. The normalized spacial score (nSPS) is 12.8. The van der Waals surface area contributed by atoms with Crippen LogP contribution in [-0.4, -0.2) is 0 Å². The van der Waals surface area contributed by atoms with Crippen LogP contribution in [0.4, 0.5) is 13.2 Å². The Bertz CT molecular complexity index is 600. The van der Waals surface area contributed by atoms with Crippen molar-refractivity contribution in [1.29, 1.82) is 0 Å². The van der Waals surface area contributed by atoms with Gasteiger partial charge in [0.1, 0.15) is 0 Å². The third-order valence-electron chi connectivity index (χ3n) is 2.29. The van der Waals surface area contributed by atoms with E-state index < -0.39 is 22.8 Å². The summed E-state index contributed by atoms with van der Waals surface area (Å²) in [6, 6.07) is 3.70. The van der Waals surface area contributed by atoms with E-state index in [-0.39, 0.29) is 5.56 Å². The Kier molecular flexibility index (Phi) is 4.41. The van der Waals surface area contributed by atoms with Crippen LogP contribution in [0.3, 0.4) is 0 Å². The second-order valence-corrected chi connectivity index (χ2v) is 7.59. The van der Waals surface area contributed by atoms with E-state index in [0.29, 0.717) is 9.35 Å². The minimum Gasteiger partial charge on any atom is -0.204 e. The van der Waals surface area contributed by atoms with E-state index in [4.69, 9.17) is 11.6 Å². The van der Waals surface area contributed by atoms with Crippen molar-refractivity contribution in [3.05, 3.63) is 54.4 Å². The third kappa shape index (κ3) is 2.61. The Morgan fingerprint density at radius 3 is 2.28 bits per heavy atom. The first-order valence-electron chi connectivity index (χ1n) is 4.64. The van der Waals surface area contributed by atoms with Gasteiger partial charge in [0.15, 0.2) is 17.5 Å². The van der Waals surface area contributed by atoms with Crippen molar-refractivity contribution in [2.75, 3.05) is 0 Å². The molecule has 0 saturated carbocycles. The van der Waals surface area contributed by atoms with Gasteiger partial charge in [0.05, 0.1) is 12.9 Å². The molecular formula is C11H4Br2ClF3S. The number of thiophene rings is 1.